The first-order chi connectivity index (χ1) is 8.49. The van der Waals surface area contributed by atoms with Gasteiger partial charge in [-0.15, -0.1) is 0 Å². The molecule has 1 fully saturated rings. The number of nitrogens with two attached hydrogens (primary N) is 1. The number of amides is 1. The van der Waals surface area contributed by atoms with Crippen LogP contribution in [0, 0.1) is 17.7 Å². The van der Waals surface area contributed by atoms with E-state index in [1.165, 1.54) is 12.1 Å². The third-order valence-corrected chi connectivity index (χ3v) is 3.68. The predicted octanol–water partition coefficient (Wildman–Crippen LogP) is 2.53. The van der Waals surface area contributed by atoms with E-state index >= 15 is 0 Å². The van der Waals surface area contributed by atoms with Crippen LogP contribution in [0.15, 0.2) is 18.2 Å². The molecule has 0 saturated carbocycles. The van der Waals surface area contributed by atoms with Crippen LogP contribution >= 0.6 is 0 Å². The second kappa shape index (κ2) is 4.96. The van der Waals surface area contributed by atoms with Crippen LogP contribution in [0.3, 0.4) is 0 Å². The summed E-state index contributed by atoms with van der Waals surface area (Å²) in [5.41, 5.74) is 5.94. The number of likely N-dealkylation sites (tertiary alicyclic amines) is 1. The van der Waals surface area contributed by atoms with Gasteiger partial charge in [-0.25, -0.2) is 4.39 Å². The van der Waals surface area contributed by atoms with Crippen LogP contribution in [-0.2, 0) is 0 Å². The molecule has 1 heterocycles. The molecule has 1 aromatic carbocycles. The van der Waals surface area contributed by atoms with E-state index in [0.29, 0.717) is 24.1 Å². The maximum Gasteiger partial charge on any atom is 0.256 e. The zero-order valence-electron chi connectivity index (χ0n) is 10.8. The van der Waals surface area contributed by atoms with E-state index in [1.54, 1.807) is 11.0 Å². The highest BCUT2D eigenvalue weighted by atomic mass is 19.1. The molecule has 4 heteroatoms. The Kier molecular flexibility index (Phi) is 3.55. The van der Waals surface area contributed by atoms with Crippen molar-refractivity contribution in [2.45, 2.75) is 20.3 Å². The molecular formula is C14H19FN2O. The van der Waals surface area contributed by atoms with E-state index in [9.17, 15) is 9.18 Å². The summed E-state index contributed by atoms with van der Waals surface area (Å²) in [5.74, 6) is 0.313. The summed E-state index contributed by atoms with van der Waals surface area (Å²) in [6.07, 6.45) is 1.000. The van der Waals surface area contributed by atoms with Crippen molar-refractivity contribution in [3.8, 4) is 0 Å². The molecule has 2 rings (SSSR count). The van der Waals surface area contributed by atoms with Crippen molar-refractivity contribution in [3.63, 3.8) is 0 Å². The molecule has 0 aromatic heterocycles. The summed E-state index contributed by atoms with van der Waals surface area (Å²) in [4.78, 5) is 13.9. The number of rotatable bonds is 2. The lowest BCUT2D eigenvalue weighted by molar-refractivity contribution is 0.0779. The van der Waals surface area contributed by atoms with Gasteiger partial charge in [-0.2, -0.15) is 0 Å². The van der Waals surface area contributed by atoms with Crippen molar-refractivity contribution >= 4 is 11.6 Å². The standard InChI is InChI=1S/C14H19FN2O/c1-9(2)10-5-6-17(8-10)14(18)12-4-3-11(16)7-13(12)15/h3-4,7,9-10H,5-6,8,16H2,1-2H3. The minimum atomic E-state index is -0.534. The minimum Gasteiger partial charge on any atom is -0.399 e. The largest absolute Gasteiger partial charge is 0.399 e. The SMILES string of the molecule is CC(C)C1CCN(C(=O)c2ccc(N)cc2F)C1. The lowest BCUT2D eigenvalue weighted by Crippen LogP contribution is -2.30. The van der Waals surface area contributed by atoms with Crippen LogP contribution in [0.2, 0.25) is 0 Å². The van der Waals surface area contributed by atoms with Crippen LogP contribution in [-0.4, -0.2) is 23.9 Å². The molecule has 1 saturated heterocycles. The van der Waals surface area contributed by atoms with Crippen molar-refractivity contribution < 1.29 is 9.18 Å². The van der Waals surface area contributed by atoms with Gasteiger partial charge in [0.05, 0.1) is 5.56 Å². The molecule has 0 aliphatic carbocycles. The maximum atomic E-state index is 13.7. The number of nitrogens with zero attached hydrogens (tertiary/aromatic N) is 1. The third kappa shape index (κ3) is 2.47. The molecule has 1 atom stereocenters. The van der Waals surface area contributed by atoms with Gasteiger partial charge in [0.1, 0.15) is 5.82 Å². The molecule has 1 unspecified atom stereocenters. The first kappa shape index (κ1) is 12.9. The van der Waals surface area contributed by atoms with Crippen molar-refractivity contribution in [1.29, 1.82) is 0 Å². The topological polar surface area (TPSA) is 46.3 Å². The molecule has 0 spiro atoms. The van der Waals surface area contributed by atoms with Gasteiger partial charge in [-0.3, -0.25) is 4.79 Å². The van der Waals surface area contributed by atoms with E-state index in [-0.39, 0.29) is 11.5 Å². The molecule has 98 valence electrons. The van der Waals surface area contributed by atoms with Crippen LogP contribution in [0.25, 0.3) is 0 Å². The highest BCUT2D eigenvalue weighted by molar-refractivity contribution is 5.95. The van der Waals surface area contributed by atoms with Gasteiger partial charge in [-0.05, 0) is 36.5 Å². The lowest BCUT2D eigenvalue weighted by atomic mass is 9.95. The zero-order chi connectivity index (χ0) is 13.3. The van der Waals surface area contributed by atoms with E-state index in [1.807, 2.05) is 0 Å². The van der Waals surface area contributed by atoms with E-state index < -0.39 is 5.82 Å². The zero-order valence-corrected chi connectivity index (χ0v) is 10.8. The smallest absolute Gasteiger partial charge is 0.256 e. The Balaban J connectivity index is 2.13. The second-order valence-corrected chi connectivity index (χ2v) is 5.28. The number of hydrogen-bond donors (Lipinski definition) is 1. The Bertz CT molecular complexity index is 459. The van der Waals surface area contributed by atoms with Gasteiger partial charge in [0.15, 0.2) is 0 Å². The normalized spacial score (nSPS) is 19.6. The van der Waals surface area contributed by atoms with Crippen LogP contribution < -0.4 is 5.73 Å². The Morgan fingerprint density at radius 3 is 2.78 bits per heavy atom. The molecule has 1 amide bonds. The average molecular weight is 250 g/mol. The van der Waals surface area contributed by atoms with Gasteiger partial charge in [-0.1, -0.05) is 13.8 Å². The summed E-state index contributed by atoms with van der Waals surface area (Å²) in [5, 5.41) is 0. The summed E-state index contributed by atoms with van der Waals surface area (Å²) < 4.78 is 13.7. The fourth-order valence-electron chi connectivity index (χ4n) is 2.39. The summed E-state index contributed by atoms with van der Waals surface area (Å²) in [6.45, 7) is 5.75. The average Bonchev–Trinajstić information content (AvgIpc) is 2.77. The molecular weight excluding hydrogens is 231 g/mol. The number of benzene rings is 1. The Labute approximate surface area is 107 Å². The van der Waals surface area contributed by atoms with E-state index in [0.717, 1.165) is 13.0 Å². The fourth-order valence-corrected chi connectivity index (χ4v) is 2.39. The van der Waals surface area contributed by atoms with Crippen molar-refractivity contribution in [2.75, 3.05) is 18.8 Å². The third-order valence-electron chi connectivity index (χ3n) is 3.68. The first-order valence-electron chi connectivity index (χ1n) is 6.33. The monoisotopic (exact) mass is 250 g/mol. The van der Waals surface area contributed by atoms with Gasteiger partial charge in [0, 0.05) is 18.8 Å². The lowest BCUT2D eigenvalue weighted by Gasteiger charge is -2.18. The number of carbonyl (C=O) groups is 1. The summed E-state index contributed by atoms with van der Waals surface area (Å²) >= 11 is 0. The Morgan fingerprint density at radius 1 is 1.50 bits per heavy atom. The second-order valence-electron chi connectivity index (χ2n) is 5.28. The number of nitrogen functional groups attached to an aromatic ring is 1. The Hall–Kier alpha value is -1.58. The fraction of sp³-hybridized carbons (Fsp3) is 0.500. The molecule has 1 aliphatic rings. The van der Waals surface area contributed by atoms with Crippen molar-refractivity contribution in [1.82, 2.24) is 4.90 Å². The molecule has 1 aromatic rings. The van der Waals surface area contributed by atoms with Crippen molar-refractivity contribution in [3.05, 3.63) is 29.6 Å². The number of anilines is 1. The van der Waals surface area contributed by atoms with Crippen molar-refractivity contribution in [2.24, 2.45) is 11.8 Å². The molecule has 3 nitrogen and oxygen atoms in total. The Morgan fingerprint density at radius 2 is 2.22 bits per heavy atom. The van der Waals surface area contributed by atoms with Crippen LogP contribution in [0.4, 0.5) is 10.1 Å². The molecule has 0 bridgehead atoms. The number of halogens is 1. The van der Waals surface area contributed by atoms with Crippen LogP contribution in [0.1, 0.15) is 30.6 Å². The van der Waals surface area contributed by atoms with Gasteiger partial charge >= 0.3 is 0 Å². The van der Waals surface area contributed by atoms with Gasteiger partial charge in [0.2, 0.25) is 0 Å². The molecule has 18 heavy (non-hydrogen) atoms. The quantitative estimate of drug-likeness (QED) is 0.820. The maximum absolute atomic E-state index is 13.7. The van der Waals surface area contributed by atoms with E-state index in [4.69, 9.17) is 5.73 Å². The summed E-state index contributed by atoms with van der Waals surface area (Å²) in [7, 11) is 0. The first-order valence-corrected chi connectivity index (χ1v) is 6.33. The number of carbonyl (C=O) groups excluding carboxylic acids is 1. The number of hydrogen-bond acceptors (Lipinski definition) is 2. The van der Waals surface area contributed by atoms with Gasteiger partial charge in [0.25, 0.3) is 5.91 Å². The predicted molar refractivity (Wildman–Crippen MR) is 69.7 cm³/mol. The molecule has 2 N–H and O–H groups in total. The highest BCUT2D eigenvalue weighted by Gasteiger charge is 2.29. The highest BCUT2D eigenvalue weighted by Crippen LogP contribution is 2.25. The molecule has 1 aliphatic heterocycles. The summed E-state index contributed by atoms with van der Waals surface area (Å²) in [6, 6.07) is 4.23. The van der Waals surface area contributed by atoms with Crippen LogP contribution in [0.5, 0.6) is 0 Å². The van der Waals surface area contributed by atoms with E-state index in [2.05, 4.69) is 13.8 Å². The van der Waals surface area contributed by atoms with Gasteiger partial charge < -0.3 is 10.6 Å². The molecule has 0 radical (unpaired) electrons. The minimum absolute atomic E-state index is 0.119.